The van der Waals surface area contributed by atoms with Gasteiger partial charge in [-0.15, -0.1) is 0 Å². The van der Waals surface area contributed by atoms with E-state index in [9.17, 15) is 5.11 Å². The average molecular weight is 276 g/mol. The van der Waals surface area contributed by atoms with Crippen LogP contribution in [0.3, 0.4) is 0 Å². The Balaban J connectivity index is 2.35. The quantitative estimate of drug-likeness (QED) is 0.905. The normalized spacial score (nSPS) is 12.8. The van der Waals surface area contributed by atoms with Crippen LogP contribution in [-0.4, -0.2) is 21.9 Å². The number of rotatable bonds is 5. The maximum atomic E-state index is 9.74. The lowest BCUT2D eigenvalue weighted by atomic mass is 10.1. The summed E-state index contributed by atoms with van der Waals surface area (Å²) in [6.45, 7) is 8.45. The lowest BCUT2D eigenvalue weighted by Crippen LogP contribution is -2.12. The van der Waals surface area contributed by atoms with Gasteiger partial charge in [0, 0.05) is 17.7 Å². The Bertz CT molecular complexity index is 578. The summed E-state index contributed by atoms with van der Waals surface area (Å²) in [5.41, 5.74) is 1.46. The number of benzene rings is 1. The summed E-state index contributed by atoms with van der Waals surface area (Å²) in [5, 5.41) is 13.7. The monoisotopic (exact) mass is 276 g/mol. The van der Waals surface area contributed by atoms with Gasteiger partial charge in [-0.1, -0.05) is 25.1 Å². The predicted molar refractivity (Wildman–Crippen MR) is 75.3 cm³/mol. The van der Waals surface area contributed by atoms with Gasteiger partial charge in [-0.25, -0.2) is 0 Å². The van der Waals surface area contributed by atoms with Crippen LogP contribution in [0.25, 0.3) is 11.5 Å². The maximum absolute atomic E-state index is 9.74. The highest BCUT2D eigenvalue weighted by atomic mass is 16.5. The highest BCUT2D eigenvalue weighted by Gasteiger charge is 2.23. The molecule has 5 heteroatoms. The summed E-state index contributed by atoms with van der Waals surface area (Å²) >= 11 is 0. The largest absolute Gasteiger partial charge is 0.508 e. The van der Waals surface area contributed by atoms with Crippen molar-refractivity contribution in [3.05, 3.63) is 29.6 Å². The van der Waals surface area contributed by atoms with Gasteiger partial charge >= 0.3 is 0 Å². The highest BCUT2D eigenvalue weighted by molar-refractivity contribution is 5.61. The molecule has 108 valence electrons. The van der Waals surface area contributed by atoms with Crippen LogP contribution in [0, 0.1) is 12.8 Å². The van der Waals surface area contributed by atoms with Crippen molar-refractivity contribution in [3.8, 4) is 17.2 Å². The molecule has 1 unspecified atom stereocenters. The molecular weight excluding hydrogens is 256 g/mol. The number of nitrogens with zero attached hydrogens (tertiary/aromatic N) is 2. The molecule has 0 saturated heterocycles. The van der Waals surface area contributed by atoms with Gasteiger partial charge in [-0.3, -0.25) is 0 Å². The Kier molecular flexibility index (Phi) is 4.39. The number of hydrogen-bond donors (Lipinski definition) is 1. The molecule has 2 aromatic rings. The predicted octanol–water partition coefficient (Wildman–Crippen LogP) is 3.48. The van der Waals surface area contributed by atoms with Crippen LogP contribution in [-0.2, 0) is 4.74 Å². The van der Waals surface area contributed by atoms with Gasteiger partial charge in [0.15, 0.2) is 0 Å². The molecule has 1 atom stereocenters. The Morgan fingerprint density at radius 2 is 2.10 bits per heavy atom. The van der Waals surface area contributed by atoms with Crippen LogP contribution >= 0.6 is 0 Å². The first-order valence-electron chi connectivity index (χ1n) is 6.78. The summed E-state index contributed by atoms with van der Waals surface area (Å²) in [6, 6.07) is 5.23. The first-order chi connectivity index (χ1) is 9.54. The summed E-state index contributed by atoms with van der Waals surface area (Å²) in [6.07, 6.45) is -0.185. The third kappa shape index (κ3) is 2.82. The fraction of sp³-hybridized carbons (Fsp3) is 0.467. The first kappa shape index (κ1) is 14.5. The second-order valence-corrected chi connectivity index (χ2v) is 5.03. The number of phenols is 1. The number of aromatic nitrogens is 2. The zero-order chi connectivity index (χ0) is 14.7. The van der Waals surface area contributed by atoms with E-state index in [2.05, 4.69) is 24.0 Å². The van der Waals surface area contributed by atoms with Crippen LogP contribution in [0.5, 0.6) is 5.75 Å². The molecule has 1 N–H and O–H groups in total. The fourth-order valence-corrected chi connectivity index (χ4v) is 2.06. The SMILES string of the molecule is CCOC(c1noc(-c2cccc(O)c2C)n1)C(C)C. The first-order valence-corrected chi connectivity index (χ1v) is 6.78. The smallest absolute Gasteiger partial charge is 0.258 e. The van der Waals surface area contributed by atoms with E-state index in [-0.39, 0.29) is 17.8 Å². The van der Waals surface area contributed by atoms with Crippen molar-refractivity contribution in [1.82, 2.24) is 10.1 Å². The Hall–Kier alpha value is -1.88. The Labute approximate surface area is 118 Å². The van der Waals surface area contributed by atoms with Gasteiger partial charge in [-0.05, 0) is 31.9 Å². The van der Waals surface area contributed by atoms with Crippen molar-refractivity contribution in [2.24, 2.45) is 5.92 Å². The minimum Gasteiger partial charge on any atom is -0.508 e. The van der Waals surface area contributed by atoms with E-state index in [0.717, 1.165) is 11.1 Å². The zero-order valence-corrected chi connectivity index (χ0v) is 12.3. The van der Waals surface area contributed by atoms with Gasteiger partial charge in [0.1, 0.15) is 11.9 Å². The van der Waals surface area contributed by atoms with Crippen molar-refractivity contribution in [3.63, 3.8) is 0 Å². The molecule has 0 radical (unpaired) electrons. The summed E-state index contributed by atoms with van der Waals surface area (Å²) < 4.78 is 11.0. The highest BCUT2D eigenvalue weighted by Crippen LogP contribution is 2.30. The van der Waals surface area contributed by atoms with E-state index in [4.69, 9.17) is 9.26 Å². The number of ether oxygens (including phenoxy) is 1. The van der Waals surface area contributed by atoms with Crippen molar-refractivity contribution in [2.75, 3.05) is 6.61 Å². The topological polar surface area (TPSA) is 68.4 Å². The lowest BCUT2D eigenvalue weighted by molar-refractivity contribution is 0.0217. The van der Waals surface area contributed by atoms with Crippen LogP contribution < -0.4 is 0 Å². The average Bonchev–Trinajstić information content (AvgIpc) is 2.88. The molecule has 0 fully saturated rings. The van der Waals surface area contributed by atoms with Crippen molar-refractivity contribution in [1.29, 1.82) is 0 Å². The minimum absolute atomic E-state index is 0.185. The third-order valence-corrected chi connectivity index (χ3v) is 3.18. The molecule has 2 rings (SSSR count). The second-order valence-electron chi connectivity index (χ2n) is 5.03. The summed E-state index contributed by atoms with van der Waals surface area (Å²) in [5.74, 6) is 1.41. The lowest BCUT2D eigenvalue weighted by Gasteiger charge is -2.16. The standard InChI is InChI=1S/C15H20N2O3/c1-5-19-13(9(2)3)14-16-15(20-17-14)11-7-6-8-12(18)10(11)4/h6-9,13,18H,5H2,1-4H3. The van der Waals surface area contributed by atoms with Gasteiger partial charge in [0.05, 0.1) is 0 Å². The zero-order valence-electron chi connectivity index (χ0n) is 12.3. The van der Waals surface area contributed by atoms with Crippen LogP contribution in [0.1, 0.15) is 38.3 Å². The van der Waals surface area contributed by atoms with Crippen LogP contribution in [0.4, 0.5) is 0 Å². The molecule has 1 heterocycles. The molecule has 5 nitrogen and oxygen atoms in total. The number of aromatic hydroxyl groups is 1. The molecule has 0 aliphatic rings. The molecule has 0 saturated carbocycles. The summed E-state index contributed by atoms with van der Waals surface area (Å²) in [7, 11) is 0. The molecular formula is C15H20N2O3. The third-order valence-electron chi connectivity index (χ3n) is 3.18. The fourth-order valence-electron chi connectivity index (χ4n) is 2.06. The minimum atomic E-state index is -0.185. The van der Waals surface area contributed by atoms with Gasteiger partial charge in [0.2, 0.25) is 5.82 Å². The number of hydrogen-bond acceptors (Lipinski definition) is 5. The van der Waals surface area contributed by atoms with Crippen molar-refractivity contribution >= 4 is 0 Å². The van der Waals surface area contributed by atoms with Gasteiger partial charge in [-0.2, -0.15) is 4.98 Å². The van der Waals surface area contributed by atoms with Crippen LogP contribution in [0.2, 0.25) is 0 Å². The maximum Gasteiger partial charge on any atom is 0.258 e. The van der Waals surface area contributed by atoms with Crippen molar-refractivity contribution < 1.29 is 14.4 Å². The van der Waals surface area contributed by atoms with Crippen LogP contribution in [0.15, 0.2) is 22.7 Å². The summed E-state index contributed by atoms with van der Waals surface area (Å²) in [4.78, 5) is 4.41. The van der Waals surface area contributed by atoms with Gasteiger partial charge < -0.3 is 14.4 Å². The van der Waals surface area contributed by atoms with Gasteiger partial charge in [0.25, 0.3) is 5.89 Å². The Morgan fingerprint density at radius 3 is 2.75 bits per heavy atom. The molecule has 20 heavy (non-hydrogen) atoms. The molecule has 0 bridgehead atoms. The van der Waals surface area contributed by atoms with E-state index >= 15 is 0 Å². The van der Waals surface area contributed by atoms with E-state index < -0.39 is 0 Å². The Morgan fingerprint density at radius 1 is 1.35 bits per heavy atom. The second kappa shape index (κ2) is 6.05. The molecule has 0 aliphatic carbocycles. The molecule has 0 spiro atoms. The van der Waals surface area contributed by atoms with E-state index in [1.807, 2.05) is 19.9 Å². The number of phenolic OH excluding ortho intramolecular Hbond substituents is 1. The van der Waals surface area contributed by atoms with E-state index in [1.54, 1.807) is 12.1 Å². The molecule has 1 aromatic carbocycles. The molecule has 0 aliphatic heterocycles. The van der Waals surface area contributed by atoms with E-state index in [0.29, 0.717) is 18.3 Å². The molecule has 0 amide bonds. The van der Waals surface area contributed by atoms with E-state index in [1.165, 1.54) is 0 Å². The molecule has 1 aromatic heterocycles. The van der Waals surface area contributed by atoms with Crippen molar-refractivity contribution in [2.45, 2.75) is 33.8 Å².